The van der Waals surface area contributed by atoms with Crippen LogP contribution in [0.3, 0.4) is 0 Å². The summed E-state index contributed by atoms with van der Waals surface area (Å²) in [7, 11) is 2.52. The molecule has 4 N–H and O–H groups in total. The van der Waals surface area contributed by atoms with E-state index in [1.807, 2.05) is 36.4 Å². The lowest BCUT2D eigenvalue weighted by Gasteiger charge is -2.28. The Hall–Kier alpha value is -7.50. The number of imidazole rings is 2. The van der Waals surface area contributed by atoms with Gasteiger partial charge in [0.2, 0.25) is 0 Å². The third-order valence-corrected chi connectivity index (χ3v) is 10.7. The molecule has 306 valence electrons. The van der Waals surface area contributed by atoms with E-state index in [-0.39, 0.29) is 23.9 Å². The minimum Gasteiger partial charge on any atom is -0.453 e. The Morgan fingerprint density at radius 2 is 0.950 bits per heavy atom. The molecule has 8 rings (SSSR count). The molecule has 2 fully saturated rings. The first kappa shape index (κ1) is 39.3. The lowest BCUT2D eigenvalue weighted by molar-refractivity contribution is -0.135. The highest BCUT2D eigenvalue weighted by atomic mass is 16.5. The van der Waals surface area contributed by atoms with Crippen LogP contribution in [0.4, 0.5) is 9.59 Å². The Balaban J connectivity index is 0.928. The molecule has 18 nitrogen and oxygen atoms in total. The summed E-state index contributed by atoms with van der Waals surface area (Å²) in [5.41, 5.74) is 4.67. The smallest absolute Gasteiger partial charge is 0.407 e. The number of amides is 4. The third kappa shape index (κ3) is 8.25. The van der Waals surface area contributed by atoms with Crippen molar-refractivity contribution in [3.63, 3.8) is 0 Å². The zero-order chi connectivity index (χ0) is 41.6. The van der Waals surface area contributed by atoms with Crippen LogP contribution in [-0.4, -0.2) is 101 Å². The average molecular weight is 811 g/mol. The van der Waals surface area contributed by atoms with Gasteiger partial charge in [0.1, 0.15) is 46.5 Å². The Bertz CT molecular complexity index is 2270. The van der Waals surface area contributed by atoms with E-state index < -0.39 is 24.3 Å². The number of H-pyrrole nitrogens is 2. The Kier molecular flexibility index (Phi) is 11.5. The largest absolute Gasteiger partial charge is 0.453 e. The average Bonchev–Trinajstić information content (AvgIpc) is 4.15. The number of aromatic amines is 2. The van der Waals surface area contributed by atoms with Crippen LogP contribution in [0, 0.1) is 0 Å². The first-order valence-corrected chi connectivity index (χ1v) is 19.5. The van der Waals surface area contributed by atoms with Crippen molar-refractivity contribution >= 4 is 24.0 Å². The van der Waals surface area contributed by atoms with Gasteiger partial charge in [0.25, 0.3) is 11.8 Å². The fraction of sp³-hybridized carbons (Fsp3) is 0.286. The molecule has 0 radical (unpaired) electrons. The van der Waals surface area contributed by atoms with Crippen molar-refractivity contribution in [3.05, 3.63) is 121 Å². The van der Waals surface area contributed by atoms with Gasteiger partial charge in [0, 0.05) is 13.1 Å². The van der Waals surface area contributed by atoms with Crippen molar-refractivity contribution in [2.24, 2.45) is 0 Å². The summed E-state index contributed by atoms with van der Waals surface area (Å²) in [6, 6.07) is 15.6. The monoisotopic (exact) mass is 810 g/mol. The standard InChI is InChI=1S/C42H42N12O6/c1-59-41(57)51-35(25-11-5-3-6-12-25)39(55)53-17-9-15-33(53)37-47-23-31(49-37)29-21-43-27(19-45-29)28-20-46-30(22-44-28)32-24-48-38(50-32)34-16-10-18-54(34)40(56)36(52-42(58)60-2)26-13-7-4-8-14-26/h3-8,11-14,19-24,33-36H,9-10,15-18H2,1-2H3,(H,47,49)(H,48,50)(H,51,57)(H,52,58)/t33-,34-,35-,36-/m1/s1. The number of benzene rings is 2. The lowest BCUT2D eigenvalue weighted by atomic mass is 10.1. The van der Waals surface area contributed by atoms with Gasteiger partial charge in [-0.25, -0.2) is 19.6 Å². The van der Waals surface area contributed by atoms with E-state index in [0.717, 1.165) is 12.8 Å². The van der Waals surface area contributed by atoms with Crippen molar-refractivity contribution in [1.82, 2.24) is 60.3 Å². The topological polar surface area (TPSA) is 226 Å². The molecule has 2 aliphatic heterocycles. The number of alkyl carbamates (subject to hydrolysis) is 2. The Morgan fingerprint density at radius 3 is 1.32 bits per heavy atom. The second kappa shape index (κ2) is 17.6. The zero-order valence-corrected chi connectivity index (χ0v) is 32.8. The van der Waals surface area contributed by atoms with Crippen LogP contribution in [0.25, 0.3) is 34.2 Å². The molecule has 4 atom stereocenters. The number of ether oxygens (including phenoxy) is 2. The summed E-state index contributed by atoms with van der Waals surface area (Å²) >= 11 is 0. The van der Waals surface area contributed by atoms with Crippen LogP contribution in [0.5, 0.6) is 0 Å². The molecule has 6 heterocycles. The Morgan fingerprint density at radius 1 is 0.567 bits per heavy atom. The van der Waals surface area contributed by atoms with Crippen LogP contribution < -0.4 is 10.6 Å². The molecule has 0 unspecified atom stereocenters. The highest BCUT2D eigenvalue weighted by Crippen LogP contribution is 2.35. The summed E-state index contributed by atoms with van der Waals surface area (Å²) in [5, 5.41) is 5.36. The van der Waals surface area contributed by atoms with Crippen LogP contribution in [0.15, 0.2) is 97.8 Å². The summed E-state index contributed by atoms with van der Waals surface area (Å²) < 4.78 is 9.61. The SMILES string of the molecule is COC(=O)N[C@@H](C(=O)N1CCC[C@@H]1c1ncc(-c2cnc(-c3cnc(-c4cnc([C@H]5CCCN5C(=O)[C@H](NC(=O)OC)c5ccccc5)[nH]4)cn3)cn2)[nH]1)c1ccccc1. The molecule has 0 saturated carbocycles. The molecule has 2 saturated heterocycles. The van der Waals surface area contributed by atoms with Crippen molar-refractivity contribution in [3.8, 4) is 34.2 Å². The van der Waals surface area contributed by atoms with Crippen LogP contribution in [0.2, 0.25) is 0 Å². The predicted octanol–water partition coefficient (Wildman–Crippen LogP) is 5.24. The normalized spacial score (nSPS) is 17.2. The minimum atomic E-state index is -0.917. The van der Waals surface area contributed by atoms with Gasteiger partial charge in [-0.2, -0.15) is 0 Å². The van der Waals surface area contributed by atoms with Crippen molar-refractivity contribution in [2.45, 2.75) is 49.9 Å². The van der Waals surface area contributed by atoms with Gasteiger partial charge in [-0.05, 0) is 36.8 Å². The molecule has 6 aromatic rings. The number of carbonyl (C=O) groups excluding carboxylic acids is 4. The van der Waals surface area contributed by atoms with E-state index in [4.69, 9.17) is 9.47 Å². The number of hydrogen-bond acceptors (Lipinski definition) is 12. The van der Waals surface area contributed by atoms with Gasteiger partial charge in [-0.15, -0.1) is 0 Å². The number of likely N-dealkylation sites (tertiary alicyclic amines) is 2. The van der Waals surface area contributed by atoms with Gasteiger partial charge in [0.05, 0.1) is 74.9 Å². The molecule has 2 aliphatic rings. The highest BCUT2D eigenvalue weighted by molar-refractivity contribution is 5.88. The molecule has 2 aromatic carbocycles. The number of carbonyl (C=O) groups is 4. The third-order valence-electron chi connectivity index (χ3n) is 10.7. The fourth-order valence-electron chi connectivity index (χ4n) is 7.65. The van der Waals surface area contributed by atoms with Crippen LogP contribution in [-0.2, 0) is 19.1 Å². The molecule has 4 aromatic heterocycles. The minimum absolute atomic E-state index is 0.257. The van der Waals surface area contributed by atoms with E-state index in [2.05, 4.69) is 50.5 Å². The van der Waals surface area contributed by atoms with Gasteiger partial charge in [0.15, 0.2) is 0 Å². The Labute approximate surface area is 344 Å². The summed E-state index contributed by atoms with van der Waals surface area (Å²) in [6.07, 6.45) is 11.3. The number of nitrogens with one attached hydrogen (secondary N) is 4. The first-order valence-electron chi connectivity index (χ1n) is 19.5. The number of rotatable bonds is 11. The van der Waals surface area contributed by atoms with Gasteiger partial charge < -0.3 is 39.9 Å². The van der Waals surface area contributed by atoms with E-state index in [1.54, 1.807) is 71.2 Å². The van der Waals surface area contributed by atoms with Crippen molar-refractivity contribution < 1.29 is 28.7 Å². The van der Waals surface area contributed by atoms with Crippen LogP contribution >= 0.6 is 0 Å². The number of nitrogens with zero attached hydrogens (tertiary/aromatic N) is 8. The lowest BCUT2D eigenvalue weighted by Crippen LogP contribution is -2.42. The highest BCUT2D eigenvalue weighted by Gasteiger charge is 2.38. The second-order valence-electron chi connectivity index (χ2n) is 14.3. The molecule has 18 heteroatoms. The van der Waals surface area contributed by atoms with E-state index in [1.165, 1.54) is 14.2 Å². The van der Waals surface area contributed by atoms with Gasteiger partial charge >= 0.3 is 12.2 Å². The van der Waals surface area contributed by atoms with Crippen molar-refractivity contribution in [2.75, 3.05) is 27.3 Å². The van der Waals surface area contributed by atoms with Gasteiger partial charge in [-0.3, -0.25) is 29.5 Å². The number of hydrogen-bond donors (Lipinski definition) is 4. The number of aromatic nitrogens is 8. The van der Waals surface area contributed by atoms with Crippen molar-refractivity contribution in [1.29, 1.82) is 0 Å². The predicted molar refractivity (Wildman–Crippen MR) is 215 cm³/mol. The molecular weight excluding hydrogens is 769 g/mol. The maximum Gasteiger partial charge on any atom is 0.407 e. The molecule has 0 spiro atoms. The maximum absolute atomic E-state index is 13.9. The molecule has 60 heavy (non-hydrogen) atoms. The van der Waals surface area contributed by atoms with E-state index >= 15 is 0 Å². The van der Waals surface area contributed by atoms with E-state index in [9.17, 15) is 19.2 Å². The summed E-state index contributed by atoms with van der Waals surface area (Å²) in [4.78, 5) is 89.9. The maximum atomic E-state index is 13.9. The zero-order valence-electron chi connectivity index (χ0n) is 32.8. The summed E-state index contributed by atoms with van der Waals surface area (Å²) in [5.74, 6) is 0.697. The van der Waals surface area contributed by atoms with Crippen LogP contribution in [0.1, 0.15) is 72.6 Å². The number of methoxy groups -OCH3 is 2. The quantitative estimate of drug-likeness (QED) is 0.132. The molecule has 0 bridgehead atoms. The molecule has 0 aliphatic carbocycles. The van der Waals surface area contributed by atoms with Gasteiger partial charge in [-0.1, -0.05) is 60.7 Å². The second-order valence-corrected chi connectivity index (χ2v) is 14.3. The first-order chi connectivity index (χ1) is 29.3. The molecular formula is C42H42N12O6. The fourth-order valence-corrected chi connectivity index (χ4v) is 7.65. The molecule has 4 amide bonds. The summed E-state index contributed by atoms with van der Waals surface area (Å²) in [6.45, 7) is 1.02. The van der Waals surface area contributed by atoms with E-state index in [0.29, 0.717) is 82.9 Å².